The van der Waals surface area contributed by atoms with Crippen LogP contribution >= 0.6 is 0 Å². The van der Waals surface area contributed by atoms with Crippen molar-refractivity contribution in [2.45, 2.75) is 19.3 Å². The first-order valence-corrected chi connectivity index (χ1v) is 4.65. The summed E-state index contributed by atoms with van der Waals surface area (Å²) in [6, 6.07) is 3.95. The largest absolute Gasteiger partial charge is 0.465 e. The van der Waals surface area contributed by atoms with Crippen LogP contribution in [0.15, 0.2) is 24.5 Å². The number of amides is 1. The van der Waals surface area contributed by atoms with Gasteiger partial charge in [0.1, 0.15) is 0 Å². The number of carboxylic acid groups (broad SMARTS) is 1. The van der Waals surface area contributed by atoms with Crippen molar-refractivity contribution in [3.05, 3.63) is 30.1 Å². The lowest BCUT2D eigenvalue weighted by Crippen LogP contribution is -2.21. The van der Waals surface area contributed by atoms with Crippen molar-refractivity contribution >= 4 is 6.09 Å². The average Bonchev–Trinajstić information content (AvgIpc) is 2.18. The monoisotopic (exact) mass is 194 g/mol. The molecule has 1 aromatic rings. The van der Waals surface area contributed by atoms with Crippen LogP contribution in [0.2, 0.25) is 0 Å². The molecule has 1 rings (SSSR count). The molecule has 0 fully saturated rings. The Balaban J connectivity index is 2.08. The molecule has 1 amide bonds. The van der Waals surface area contributed by atoms with Crippen LogP contribution in [0.5, 0.6) is 0 Å². The Hall–Kier alpha value is -1.58. The summed E-state index contributed by atoms with van der Waals surface area (Å²) in [6.07, 6.45) is 5.42. The van der Waals surface area contributed by atoms with Gasteiger partial charge < -0.3 is 10.4 Å². The van der Waals surface area contributed by atoms with E-state index in [0.717, 1.165) is 19.3 Å². The van der Waals surface area contributed by atoms with Gasteiger partial charge in [0.25, 0.3) is 0 Å². The van der Waals surface area contributed by atoms with E-state index in [9.17, 15) is 4.79 Å². The zero-order chi connectivity index (χ0) is 10.2. The summed E-state index contributed by atoms with van der Waals surface area (Å²) in [5, 5.41) is 10.6. The van der Waals surface area contributed by atoms with Crippen molar-refractivity contribution in [3.63, 3.8) is 0 Å². The molecule has 4 heteroatoms. The van der Waals surface area contributed by atoms with Crippen LogP contribution in [0.3, 0.4) is 0 Å². The Bertz CT molecular complexity index is 275. The number of carbonyl (C=O) groups is 1. The lowest BCUT2D eigenvalue weighted by Gasteiger charge is -2.01. The highest BCUT2D eigenvalue weighted by molar-refractivity contribution is 5.64. The van der Waals surface area contributed by atoms with E-state index in [0.29, 0.717) is 6.54 Å². The molecule has 0 spiro atoms. The fraction of sp³-hybridized carbons (Fsp3) is 0.400. The molecule has 0 aliphatic heterocycles. The van der Waals surface area contributed by atoms with Crippen LogP contribution in [0, 0.1) is 0 Å². The molecule has 4 nitrogen and oxygen atoms in total. The van der Waals surface area contributed by atoms with Gasteiger partial charge in [-0.3, -0.25) is 4.98 Å². The summed E-state index contributed by atoms with van der Waals surface area (Å²) in [6.45, 7) is 0.528. The van der Waals surface area contributed by atoms with Crippen molar-refractivity contribution in [2.75, 3.05) is 6.54 Å². The summed E-state index contributed by atoms with van der Waals surface area (Å²) < 4.78 is 0. The molecule has 0 bridgehead atoms. The number of hydrogen-bond donors (Lipinski definition) is 2. The number of rotatable bonds is 5. The van der Waals surface area contributed by atoms with E-state index in [2.05, 4.69) is 10.3 Å². The number of aromatic nitrogens is 1. The van der Waals surface area contributed by atoms with E-state index in [-0.39, 0.29) is 0 Å². The summed E-state index contributed by atoms with van der Waals surface area (Å²) in [4.78, 5) is 14.0. The minimum atomic E-state index is -0.950. The van der Waals surface area contributed by atoms with Crippen molar-refractivity contribution in [1.29, 1.82) is 0 Å². The SMILES string of the molecule is O=C(O)NCCCCc1ccncc1. The highest BCUT2D eigenvalue weighted by atomic mass is 16.4. The molecule has 0 radical (unpaired) electrons. The van der Waals surface area contributed by atoms with E-state index in [1.165, 1.54) is 5.56 Å². The van der Waals surface area contributed by atoms with Crippen molar-refractivity contribution in [2.24, 2.45) is 0 Å². The zero-order valence-electron chi connectivity index (χ0n) is 7.94. The van der Waals surface area contributed by atoms with Crippen LogP contribution in [-0.2, 0) is 6.42 Å². The lowest BCUT2D eigenvalue weighted by molar-refractivity contribution is 0.194. The van der Waals surface area contributed by atoms with Crippen LogP contribution in [-0.4, -0.2) is 22.7 Å². The molecule has 2 N–H and O–H groups in total. The van der Waals surface area contributed by atoms with Gasteiger partial charge in [-0.15, -0.1) is 0 Å². The lowest BCUT2D eigenvalue weighted by atomic mass is 10.1. The first-order chi connectivity index (χ1) is 6.79. The molecule has 0 saturated carbocycles. The predicted octanol–water partition coefficient (Wildman–Crippen LogP) is 1.67. The fourth-order valence-electron chi connectivity index (χ4n) is 1.20. The van der Waals surface area contributed by atoms with E-state index in [1.54, 1.807) is 12.4 Å². The van der Waals surface area contributed by atoms with Crippen LogP contribution in [0.1, 0.15) is 18.4 Å². The normalized spacial score (nSPS) is 9.71. The van der Waals surface area contributed by atoms with Gasteiger partial charge >= 0.3 is 6.09 Å². The van der Waals surface area contributed by atoms with Crippen molar-refractivity contribution in [3.8, 4) is 0 Å². The topological polar surface area (TPSA) is 62.2 Å². The highest BCUT2D eigenvalue weighted by Gasteiger charge is 1.94. The first kappa shape index (κ1) is 10.5. The van der Waals surface area contributed by atoms with Gasteiger partial charge in [-0.25, -0.2) is 4.79 Å². The number of unbranched alkanes of at least 4 members (excludes halogenated alkanes) is 1. The number of nitrogens with one attached hydrogen (secondary N) is 1. The van der Waals surface area contributed by atoms with Gasteiger partial charge in [-0.05, 0) is 37.0 Å². The summed E-state index contributed by atoms with van der Waals surface area (Å²) >= 11 is 0. The second-order valence-electron chi connectivity index (χ2n) is 3.04. The molecule has 1 heterocycles. The van der Waals surface area contributed by atoms with E-state index < -0.39 is 6.09 Å². The zero-order valence-corrected chi connectivity index (χ0v) is 7.94. The predicted molar refractivity (Wildman–Crippen MR) is 53.2 cm³/mol. The second kappa shape index (κ2) is 5.96. The molecule has 76 valence electrons. The molecular formula is C10H14N2O2. The summed E-state index contributed by atoms with van der Waals surface area (Å²) in [5.41, 5.74) is 1.25. The number of aryl methyl sites for hydroxylation is 1. The summed E-state index contributed by atoms with van der Waals surface area (Å²) in [7, 11) is 0. The molecular weight excluding hydrogens is 180 g/mol. The average molecular weight is 194 g/mol. The first-order valence-electron chi connectivity index (χ1n) is 4.65. The van der Waals surface area contributed by atoms with E-state index >= 15 is 0 Å². The molecule has 0 aromatic carbocycles. The summed E-state index contributed by atoms with van der Waals surface area (Å²) in [5.74, 6) is 0. The third-order valence-electron chi connectivity index (χ3n) is 1.92. The smallest absolute Gasteiger partial charge is 0.404 e. The second-order valence-corrected chi connectivity index (χ2v) is 3.04. The van der Waals surface area contributed by atoms with Gasteiger partial charge in [0, 0.05) is 18.9 Å². The van der Waals surface area contributed by atoms with Crippen molar-refractivity contribution in [1.82, 2.24) is 10.3 Å². The fourth-order valence-corrected chi connectivity index (χ4v) is 1.20. The Kier molecular flexibility index (Phi) is 4.47. The highest BCUT2D eigenvalue weighted by Crippen LogP contribution is 2.02. The number of pyridine rings is 1. The van der Waals surface area contributed by atoms with Gasteiger partial charge in [-0.1, -0.05) is 0 Å². The third-order valence-corrected chi connectivity index (χ3v) is 1.92. The molecule has 14 heavy (non-hydrogen) atoms. The molecule has 0 atom stereocenters. The third kappa shape index (κ3) is 4.45. The quantitative estimate of drug-likeness (QED) is 0.701. The van der Waals surface area contributed by atoms with E-state index in [4.69, 9.17) is 5.11 Å². The molecule has 0 aliphatic carbocycles. The minimum Gasteiger partial charge on any atom is -0.465 e. The van der Waals surface area contributed by atoms with Crippen LogP contribution < -0.4 is 5.32 Å². The van der Waals surface area contributed by atoms with Gasteiger partial charge in [-0.2, -0.15) is 0 Å². The minimum absolute atomic E-state index is 0.528. The van der Waals surface area contributed by atoms with Crippen LogP contribution in [0.4, 0.5) is 4.79 Å². The maximum absolute atomic E-state index is 10.1. The molecule has 1 aromatic heterocycles. The van der Waals surface area contributed by atoms with Crippen LogP contribution in [0.25, 0.3) is 0 Å². The van der Waals surface area contributed by atoms with E-state index in [1.807, 2.05) is 12.1 Å². The molecule has 0 saturated heterocycles. The maximum Gasteiger partial charge on any atom is 0.404 e. The number of nitrogens with zero attached hydrogens (tertiary/aromatic N) is 1. The van der Waals surface area contributed by atoms with Gasteiger partial charge in [0.15, 0.2) is 0 Å². The molecule has 0 unspecified atom stereocenters. The Labute approximate surface area is 83.0 Å². The Morgan fingerprint density at radius 1 is 1.36 bits per heavy atom. The number of hydrogen-bond acceptors (Lipinski definition) is 2. The maximum atomic E-state index is 10.1. The standard InChI is InChI=1S/C10H14N2O2/c13-10(14)12-6-2-1-3-9-4-7-11-8-5-9/h4-5,7-8,12H,1-3,6H2,(H,13,14). The van der Waals surface area contributed by atoms with Gasteiger partial charge in [0.05, 0.1) is 0 Å². The Morgan fingerprint density at radius 3 is 2.71 bits per heavy atom. The molecule has 0 aliphatic rings. The van der Waals surface area contributed by atoms with Crippen molar-refractivity contribution < 1.29 is 9.90 Å². The van der Waals surface area contributed by atoms with Gasteiger partial charge in [0.2, 0.25) is 0 Å². The Morgan fingerprint density at radius 2 is 2.07 bits per heavy atom.